The van der Waals surface area contributed by atoms with Crippen LogP contribution in [0.5, 0.6) is 0 Å². The highest BCUT2D eigenvalue weighted by Crippen LogP contribution is 2.12. The second-order valence-corrected chi connectivity index (χ2v) is 5.50. The third kappa shape index (κ3) is 4.01. The lowest BCUT2D eigenvalue weighted by Gasteiger charge is -2.07. The van der Waals surface area contributed by atoms with Crippen LogP contribution in [0.2, 0.25) is 0 Å². The molecule has 0 amide bonds. The lowest BCUT2D eigenvalue weighted by atomic mass is 10.1. The normalized spacial score (nSPS) is 11.5. The SMILES string of the molecule is CCc1ccc(NC(N)=NCc2cccc(-n3cccn3)c2)cc1. The van der Waals surface area contributed by atoms with E-state index in [-0.39, 0.29) is 0 Å². The van der Waals surface area contributed by atoms with E-state index < -0.39 is 0 Å². The van der Waals surface area contributed by atoms with Gasteiger partial charge in [0.25, 0.3) is 0 Å². The molecule has 0 radical (unpaired) electrons. The Balaban J connectivity index is 1.65. The molecule has 3 N–H and O–H groups in total. The molecule has 3 aromatic rings. The van der Waals surface area contributed by atoms with E-state index in [1.54, 1.807) is 6.20 Å². The first kappa shape index (κ1) is 15.8. The Bertz CT molecular complexity index is 804. The largest absolute Gasteiger partial charge is 0.370 e. The summed E-state index contributed by atoms with van der Waals surface area (Å²) >= 11 is 0. The van der Waals surface area contributed by atoms with E-state index in [0.717, 1.165) is 23.4 Å². The number of nitrogens with one attached hydrogen (secondary N) is 1. The molecule has 0 spiro atoms. The van der Waals surface area contributed by atoms with Crippen molar-refractivity contribution in [1.82, 2.24) is 9.78 Å². The minimum Gasteiger partial charge on any atom is -0.370 e. The maximum atomic E-state index is 5.98. The van der Waals surface area contributed by atoms with Crippen molar-refractivity contribution in [3.8, 4) is 5.69 Å². The summed E-state index contributed by atoms with van der Waals surface area (Å²) in [4.78, 5) is 4.41. The van der Waals surface area contributed by atoms with Gasteiger partial charge < -0.3 is 11.1 Å². The Morgan fingerprint density at radius 2 is 1.96 bits per heavy atom. The van der Waals surface area contributed by atoms with Crippen molar-refractivity contribution in [3.63, 3.8) is 0 Å². The molecule has 0 aliphatic heterocycles. The molecule has 1 aromatic heterocycles. The van der Waals surface area contributed by atoms with Gasteiger partial charge in [0.2, 0.25) is 0 Å². The van der Waals surface area contributed by atoms with Crippen LogP contribution in [-0.2, 0) is 13.0 Å². The topological polar surface area (TPSA) is 68.2 Å². The number of nitrogens with zero attached hydrogens (tertiary/aromatic N) is 3. The second-order valence-electron chi connectivity index (χ2n) is 5.50. The van der Waals surface area contributed by atoms with Crippen molar-refractivity contribution in [3.05, 3.63) is 78.1 Å². The van der Waals surface area contributed by atoms with Crippen LogP contribution in [0.3, 0.4) is 0 Å². The summed E-state index contributed by atoms with van der Waals surface area (Å²) in [7, 11) is 0. The molecule has 24 heavy (non-hydrogen) atoms. The van der Waals surface area contributed by atoms with Gasteiger partial charge >= 0.3 is 0 Å². The van der Waals surface area contributed by atoms with Crippen LogP contribution in [0.15, 0.2) is 72.0 Å². The quantitative estimate of drug-likeness (QED) is 0.560. The van der Waals surface area contributed by atoms with Gasteiger partial charge in [0.15, 0.2) is 5.96 Å². The molecule has 5 nitrogen and oxygen atoms in total. The van der Waals surface area contributed by atoms with Crippen LogP contribution in [0.4, 0.5) is 5.69 Å². The van der Waals surface area contributed by atoms with Crippen molar-refractivity contribution in [2.75, 3.05) is 5.32 Å². The molecule has 3 rings (SSSR count). The predicted molar refractivity (Wildman–Crippen MR) is 98.3 cm³/mol. The summed E-state index contributed by atoms with van der Waals surface area (Å²) < 4.78 is 1.82. The molecule has 0 saturated carbocycles. The van der Waals surface area contributed by atoms with Gasteiger partial charge in [0.1, 0.15) is 0 Å². The van der Waals surface area contributed by atoms with E-state index in [0.29, 0.717) is 12.5 Å². The summed E-state index contributed by atoms with van der Waals surface area (Å²) in [5, 5.41) is 7.35. The average molecular weight is 319 g/mol. The lowest BCUT2D eigenvalue weighted by Crippen LogP contribution is -2.22. The minimum absolute atomic E-state index is 0.406. The Labute approximate surface area is 141 Å². The van der Waals surface area contributed by atoms with E-state index in [9.17, 15) is 0 Å². The van der Waals surface area contributed by atoms with Gasteiger partial charge in [0.05, 0.1) is 12.2 Å². The second kappa shape index (κ2) is 7.46. The zero-order valence-corrected chi connectivity index (χ0v) is 13.7. The number of anilines is 1. The first-order chi connectivity index (χ1) is 11.7. The Hall–Kier alpha value is -3.08. The average Bonchev–Trinajstić information content (AvgIpc) is 3.16. The van der Waals surface area contributed by atoms with Gasteiger partial charge in [-0.3, -0.25) is 0 Å². The number of hydrogen-bond acceptors (Lipinski definition) is 2. The standard InChI is InChI=1S/C19H21N5/c1-2-15-7-9-17(10-8-15)23-19(20)21-14-16-5-3-6-18(13-16)24-12-4-11-22-24/h3-13H,2,14H2,1H3,(H3,20,21,23). The van der Waals surface area contributed by atoms with Gasteiger partial charge in [-0.15, -0.1) is 0 Å². The zero-order valence-electron chi connectivity index (χ0n) is 13.7. The van der Waals surface area contributed by atoms with Crippen molar-refractivity contribution >= 4 is 11.6 Å². The first-order valence-electron chi connectivity index (χ1n) is 7.99. The maximum Gasteiger partial charge on any atom is 0.193 e. The summed E-state index contributed by atoms with van der Waals surface area (Å²) in [6.45, 7) is 2.65. The molecule has 0 bridgehead atoms. The van der Waals surface area contributed by atoms with Crippen LogP contribution < -0.4 is 11.1 Å². The van der Waals surface area contributed by atoms with E-state index in [1.807, 2.05) is 47.3 Å². The van der Waals surface area contributed by atoms with Crippen molar-refractivity contribution in [2.45, 2.75) is 19.9 Å². The van der Waals surface area contributed by atoms with Gasteiger partial charge in [-0.25, -0.2) is 9.67 Å². The van der Waals surface area contributed by atoms with E-state index >= 15 is 0 Å². The first-order valence-corrected chi connectivity index (χ1v) is 7.99. The predicted octanol–water partition coefficient (Wildman–Crippen LogP) is 3.36. The summed E-state index contributed by atoms with van der Waals surface area (Å²) in [5.41, 5.74) is 10.3. The molecule has 122 valence electrons. The third-order valence-electron chi connectivity index (χ3n) is 3.75. The molecular formula is C19H21N5. The van der Waals surface area contributed by atoms with Crippen molar-refractivity contribution in [2.24, 2.45) is 10.7 Å². The van der Waals surface area contributed by atoms with Crippen LogP contribution in [-0.4, -0.2) is 15.7 Å². The van der Waals surface area contributed by atoms with E-state index in [4.69, 9.17) is 5.73 Å². The highest BCUT2D eigenvalue weighted by Gasteiger charge is 1.99. The highest BCUT2D eigenvalue weighted by molar-refractivity contribution is 5.92. The number of aryl methyl sites for hydroxylation is 1. The summed E-state index contributed by atoms with van der Waals surface area (Å²) in [6.07, 6.45) is 4.70. The van der Waals surface area contributed by atoms with Crippen LogP contribution in [0.25, 0.3) is 5.69 Å². The smallest absolute Gasteiger partial charge is 0.193 e. The molecule has 0 saturated heterocycles. The molecule has 5 heteroatoms. The van der Waals surface area contributed by atoms with Crippen molar-refractivity contribution < 1.29 is 0 Å². The fourth-order valence-electron chi connectivity index (χ4n) is 2.41. The van der Waals surface area contributed by atoms with Gasteiger partial charge in [-0.05, 0) is 47.9 Å². The van der Waals surface area contributed by atoms with Crippen molar-refractivity contribution in [1.29, 1.82) is 0 Å². The molecule has 0 atom stereocenters. The number of rotatable bonds is 5. The number of aromatic nitrogens is 2. The lowest BCUT2D eigenvalue weighted by molar-refractivity contribution is 0.876. The fraction of sp³-hybridized carbons (Fsp3) is 0.158. The number of guanidine groups is 1. The monoisotopic (exact) mass is 319 g/mol. The number of benzene rings is 2. The molecular weight excluding hydrogens is 298 g/mol. The Morgan fingerprint density at radius 1 is 1.12 bits per heavy atom. The van der Waals surface area contributed by atoms with Gasteiger partial charge in [-0.2, -0.15) is 5.10 Å². The highest BCUT2D eigenvalue weighted by atomic mass is 15.3. The number of nitrogens with two attached hydrogens (primary N) is 1. The third-order valence-corrected chi connectivity index (χ3v) is 3.75. The summed E-state index contributed by atoms with van der Waals surface area (Å²) in [6, 6.07) is 18.2. The van der Waals surface area contributed by atoms with Crippen LogP contribution >= 0.6 is 0 Å². The van der Waals surface area contributed by atoms with Gasteiger partial charge in [0, 0.05) is 18.1 Å². The number of aliphatic imine (C=N–C) groups is 1. The van der Waals surface area contributed by atoms with E-state index in [2.05, 4.69) is 40.5 Å². The summed E-state index contributed by atoms with van der Waals surface area (Å²) in [5.74, 6) is 0.406. The Kier molecular flexibility index (Phi) is 4.91. The van der Waals surface area contributed by atoms with Crippen LogP contribution in [0.1, 0.15) is 18.1 Å². The Morgan fingerprint density at radius 3 is 2.67 bits per heavy atom. The fourth-order valence-corrected chi connectivity index (χ4v) is 2.41. The molecule has 1 heterocycles. The number of hydrogen-bond donors (Lipinski definition) is 2. The van der Waals surface area contributed by atoms with Crippen LogP contribution in [0, 0.1) is 0 Å². The zero-order chi connectivity index (χ0) is 16.8. The molecule has 0 aliphatic rings. The molecule has 0 aliphatic carbocycles. The molecule has 0 unspecified atom stereocenters. The molecule has 0 fully saturated rings. The molecule has 2 aromatic carbocycles. The maximum absolute atomic E-state index is 5.98. The minimum atomic E-state index is 0.406. The van der Waals surface area contributed by atoms with Gasteiger partial charge in [-0.1, -0.05) is 31.2 Å². The van der Waals surface area contributed by atoms with E-state index in [1.165, 1.54) is 5.56 Å².